The molecule has 0 aromatic rings. The fourth-order valence-electron chi connectivity index (χ4n) is 0. The van der Waals surface area contributed by atoms with Crippen LogP contribution in [0.5, 0.6) is 0 Å². The van der Waals surface area contributed by atoms with Crippen LogP contribution in [0, 0.1) is 0 Å². The van der Waals surface area contributed by atoms with Crippen LogP contribution in [0.25, 0.3) is 0 Å². The fraction of sp³-hybridized carbons (Fsp3) is 1.00. The lowest BCUT2D eigenvalue weighted by atomic mass is 11.8. The van der Waals surface area contributed by atoms with Crippen molar-refractivity contribution < 1.29 is 5.11 Å². The van der Waals surface area contributed by atoms with Crippen LogP contribution in [0.4, 0.5) is 0 Å². The van der Waals surface area contributed by atoms with E-state index in [1.807, 2.05) is 0 Å². The highest BCUT2D eigenvalue weighted by Gasteiger charge is 0.977. The highest BCUT2D eigenvalue weighted by Crippen LogP contribution is 1.41. The highest BCUT2D eigenvalue weighted by molar-refractivity contribution is 9.22. The number of hydrogen-bond donors (Lipinski definition) is 1. The van der Waals surface area contributed by atoms with Crippen molar-refractivity contribution in [2.45, 2.75) is 0 Å². The zero-order chi connectivity index (χ0) is 4.00. The Morgan fingerprint density at radius 3 is 1.50 bits per heavy atom. The molecule has 3 heteroatoms. The second-order valence-corrected chi connectivity index (χ2v) is 0. The van der Waals surface area contributed by atoms with Gasteiger partial charge in [-0.1, -0.05) is 0 Å². The standard InChI is InChI=1S/CH4O.BrH3Si/c2*1-2/h2H,1H3;2H3. The Labute approximate surface area is 37.0 Å². The van der Waals surface area contributed by atoms with Gasteiger partial charge < -0.3 is 5.11 Å². The number of aliphatic hydroxyl groups is 1. The SMILES string of the molecule is CO.[SiH3]Br. The quantitative estimate of drug-likeness (QED) is 0.350. The summed E-state index contributed by atoms with van der Waals surface area (Å²) in [6.07, 6.45) is 0. The first-order chi connectivity index (χ1) is 2.00. The molecule has 0 fully saturated rings. The summed E-state index contributed by atoms with van der Waals surface area (Å²) >= 11 is 3.08. The summed E-state index contributed by atoms with van der Waals surface area (Å²) in [6.45, 7) is 0. The second kappa shape index (κ2) is 59.8. The second-order valence-electron chi connectivity index (χ2n) is 0. The van der Waals surface area contributed by atoms with Crippen molar-refractivity contribution in [1.82, 2.24) is 0 Å². The third-order valence-electron chi connectivity index (χ3n) is 0. The first-order valence-electron chi connectivity index (χ1n) is 0.825. The van der Waals surface area contributed by atoms with E-state index in [9.17, 15) is 0 Å². The zero-order valence-electron chi connectivity index (χ0n) is 2.83. The molecule has 4 heavy (non-hydrogen) atoms. The molecule has 0 aliphatic rings. The Bertz CT molecular complexity index is 8.00. The molecule has 0 amide bonds. The molecule has 1 N–H and O–H groups in total. The Kier molecular flexibility index (Phi) is 132. The summed E-state index contributed by atoms with van der Waals surface area (Å²) < 4.78 is 0. The summed E-state index contributed by atoms with van der Waals surface area (Å²) in [4.78, 5) is 0. The van der Waals surface area contributed by atoms with Gasteiger partial charge in [0.15, 0.2) is 0 Å². The van der Waals surface area contributed by atoms with Crippen molar-refractivity contribution in [1.29, 1.82) is 0 Å². The van der Waals surface area contributed by atoms with Crippen LogP contribution in [0.15, 0.2) is 0 Å². The molecule has 0 aliphatic heterocycles. The molecule has 0 aromatic carbocycles. The monoisotopic (exact) mass is 142 g/mol. The normalized spacial score (nSPS) is 3.75. The lowest BCUT2D eigenvalue weighted by molar-refractivity contribution is 0.399. The van der Waals surface area contributed by atoms with Gasteiger partial charge in [-0.2, -0.15) is 0 Å². The summed E-state index contributed by atoms with van der Waals surface area (Å²) in [6, 6.07) is 0. The van der Waals surface area contributed by atoms with Gasteiger partial charge in [0.2, 0.25) is 0 Å². The molecule has 28 valence electrons. The molecular formula is CH7BrOSi. The van der Waals surface area contributed by atoms with Gasteiger partial charge in [-0.05, 0) is 0 Å². The van der Waals surface area contributed by atoms with E-state index in [0.29, 0.717) is 0 Å². The number of rotatable bonds is 0. The van der Waals surface area contributed by atoms with Crippen LogP contribution in [-0.2, 0) is 0 Å². The van der Waals surface area contributed by atoms with E-state index in [4.69, 9.17) is 5.11 Å². The van der Waals surface area contributed by atoms with Gasteiger partial charge in [0.1, 0.15) is 0 Å². The summed E-state index contributed by atoms with van der Waals surface area (Å²) in [5.74, 6) is 0. The molecule has 0 heterocycles. The fourth-order valence-corrected chi connectivity index (χ4v) is 0. The maximum Gasteiger partial charge on any atom is 0.0825 e. The molecule has 0 spiro atoms. The van der Waals surface area contributed by atoms with Gasteiger partial charge >= 0.3 is 0 Å². The third-order valence-corrected chi connectivity index (χ3v) is 0. The Hall–Kier alpha value is 0.657. The molecule has 0 atom stereocenters. The topological polar surface area (TPSA) is 20.2 Å². The molecule has 0 rings (SSSR count). The molecule has 0 saturated carbocycles. The van der Waals surface area contributed by atoms with E-state index in [0.717, 1.165) is 16.0 Å². The minimum atomic E-state index is 1.00. The zero-order valence-corrected chi connectivity index (χ0v) is 6.41. The largest absolute Gasteiger partial charge is 0.400 e. The van der Waals surface area contributed by atoms with Gasteiger partial charge in [-0.25, -0.2) is 0 Å². The minimum Gasteiger partial charge on any atom is -0.400 e. The van der Waals surface area contributed by atoms with Crippen LogP contribution in [0.3, 0.4) is 0 Å². The van der Waals surface area contributed by atoms with E-state index in [2.05, 4.69) is 15.3 Å². The van der Waals surface area contributed by atoms with Crippen molar-refractivity contribution in [2.24, 2.45) is 0 Å². The van der Waals surface area contributed by atoms with E-state index in [1.165, 1.54) is 0 Å². The van der Waals surface area contributed by atoms with Crippen LogP contribution in [0.2, 0.25) is 0 Å². The molecule has 0 aliphatic carbocycles. The van der Waals surface area contributed by atoms with Crippen LogP contribution in [-0.4, -0.2) is 21.1 Å². The average Bonchev–Trinajstić information content (AvgIpc) is 1.50. The maximum absolute atomic E-state index is 7.00. The van der Waals surface area contributed by atoms with Gasteiger partial charge in [0.05, 0.1) is 8.86 Å². The molecule has 0 bridgehead atoms. The Balaban J connectivity index is 0. The van der Waals surface area contributed by atoms with Gasteiger partial charge in [-0.3, -0.25) is 0 Å². The highest BCUT2D eigenvalue weighted by atomic mass is 79.9. The number of hydrogen-bond acceptors (Lipinski definition) is 1. The predicted octanol–water partition coefficient (Wildman–Crippen LogP) is -0.730. The van der Waals surface area contributed by atoms with Crippen molar-refractivity contribution in [3.05, 3.63) is 0 Å². The molecule has 0 aromatic heterocycles. The van der Waals surface area contributed by atoms with Gasteiger partial charge in [0.25, 0.3) is 0 Å². The number of aliphatic hydroxyl groups excluding tert-OH is 1. The van der Waals surface area contributed by atoms with E-state index in [1.54, 1.807) is 0 Å². The maximum atomic E-state index is 7.00. The molecular weight excluding hydrogens is 136 g/mol. The predicted molar refractivity (Wildman–Crippen MR) is 27.0 cm³/mol. The Morgan fingerprint density at radius 1 is 1.50 bits per heavy atom. The van der Waals surface area contributed by atoms with Gasteiger partial charge in [0, 0.05) is 7.11 Å². The Morgan fingerprint density at radius 2 is 1.50 bits per heavy atom. The number of halogens is 1. The first-order valence-corrected chi connectivity index (χ1v) is 6.34. The minimum absolute atomic E-state index is 1.00. The van der Waals surface area contributed by atoms with Crippen molar-refractivity contribution in [3.8, 4) is 0 Å². The van der Waals surface area contributed by atoms with Crippen molar-refractivity contribution >= 4 is 24.2 Å². The summed E-state index contributed by atoms with van der Waals surface area (Å²) in [5.41, 5.74) is 0. The molecule has 0 radical (unpaired) electrons. The molecule has 0 unspecified atom stereocenters. The molecule has 0 saturated heterocycles. The third kappa shape index (κ3) is 16.9. The smallest absolute Gasteiger partial charge is 0.0825 e. The summed E-state index contributed by atoms with van der Waals surface area (Å²) in [5, 5.41) is 7.00. The van der Waals surface area contributed by atoms with Crippen molar-refractivity contribution in [2.75, 3.05) is 7.11 Å². The van der Waals surface area contributed by atoms with Gasteiger partial charge in [-0.15, -0.1) is 15.3 Å². The van der Waals surface area contributed by atoms with Crippen LogP contribution >= 0.6 is 15.3 Å². The van der Waals surface area contributed by atoms with Crippen LogP contribution in [0.1, 0.15) is 0 Å². The lowest BCUT2D eigenvalue weighted by Crippen LogP contribution is -1.25. The van der Waals surface area contributed by atoms with E-state index in [-0.39, 0.29) is 0 Å². The summed E-state index contributed by atoms with van der Waals surface area (Å²) in [7, 11) is 2.12. The van der Waals surface area contributed by atoms with E-state index >= 15 is 0 Å². The molecule has 1 nitrogen and oxygen atoms in total. The van der Waals surface area contributed by atoms with Crippen LogP contribution < -0.4 is 0 Å². The lowest BCUT2D eigenvalue weighted by Gasteiger charge is -1.21. The first kappa shape index (κ1) is 8.82. The average molecular weight is 143 g/mol. The van der Waals surface area contributed by atoms with Crippen molar-refractivity contribution in [3.63, 3.8) is 0 Å². The van der Waals surface area contributed by atoms with E-state index < -0.39 is 0 Å².